The van der Waals surface area contributed by atoms with Crippen molar-refractivity contribution in [2.24, 2.45) is 5.92 Å². The first-order valence-corrected chi connectivity index (χ1v) is 10.0. The average Bonchev–Trinajstić information content (AvgIpc) is 3.30. The van der Waals surface area contributed by atoms with Crippen molar-refractivity contribution in [2.45, 2.75) is 70.4 Å². The van der Waals surface area contributed by atoms with Gasteiger partial charge in [0.2, 0.25) is 0 Å². The van der Waals surface area contributed by atoms with E-state index >= 15 is 0 Å². The predicted octanol–water partition coefficient (Wildman–Crippen LogP) is 0.344. The molecular formula is C21H27N3O4. The zero-order chi connectivity index (χ0) is 19.8. The minimum absolute atomic E-state index is 0.0296. The van der Waals surface area contributed by atoms with Gasteiger partial charge in [-0.3, -0.25) is 0 Å². The van der Waals surface area contributed by atoms with Crippen LogP contribution in [0.5, 0.6) is 0 Å². The van der Waals surface area contributed by atoms with Gasteiger partial charge in [-0.05, 0) is 38.7 Å². The van der Waals surface area contributed by atoms with Crippen molar-refractivity contribution in [3.05, 3.63) is 21.8 Å². The topological polar surface area (TPSA) is 96.5 Å². The van der Waals surface area contributed by atoms with Gasteiger partial charge in [0.15, 0.2) is 0 Å². The van der Waals surface area contributed by atoms with Gasteiger partial charge >= 0.3 is 6.09 Å². The second-order valence-corrected chi connectivity index (χ2v) is 8.15. The van der Waals surface area contributed by atoms with Gasteiger partial charge in [0.25, 0.3) is 0 Å². The number of nitrogens with zero attached hydrogens (tertiary/aromatic N) is 2. The normalized spacial score (nSPS) is 28.1. The van der Waals surface area contributed by atoms with Crippen LogP contribution in [0.15, 0.2) is 0 Å². The van der Waals surface area contributed by atoms with E-state index in [9.17, 15) is 15.2 Å². The lowest BCUT2D eigenvalue weighted by Crippen LogP contribution is -2.42. The molecule has 4 rings (SSSR count). The summed E-state index contributed by atoms with van der Waals surface area (Å²) in [6, 6.07) is 2.31. The van der Waals surface area contributed by atoms with E-state index in [1.165, 1.54) is 5.56 Å². The number of carbonyl (C=O) groups is 1. The Balaban J connectivity index is 1.64. The summed E-state index contributed by atoms with van der Waals surface area (Å²) in [7, 11) is 0. The third kappa shape index (κ3) is 3.54. The van der Waals surface area contributed by atoms with Crippen molar-refractivity contribution in [2.75, 3.05) is 6.61 Å². The molecule has 2 heterocycles. The first-order chi connectivity index (χ1) is 13.5. The van der Waals surface area contributed by atoms with Crippen molar-refractivity contribution in [3.8, 4) is 6.07 Å². The number of amides is 1. The maximum Gasteiger partial charge on any atom is 0.407 e. The van der Waals surface area contributed by atoms with Crippen molar-refractivity contribution in [1.29, 1.82) is 5.26 Å². The fraction of sp³-hybridized carbons (Fsp3) is 0.619. The van der Waals surface area contributed by atoms with E-state index in [0.717, 1.165) is 16.3 Å². The van der Waals surface area contributed by atoms with Gasteiger partial charge in [-0.25, -0.2) is 4.79 Å². The third-order valence-electron chi connectivity index (χ3n) is 5.76. The highest BCUT2D eigenvalue weighted by molar-refractivity contribution is 5.68. The highest BCUT2D eigenvalue weighted by atomic mass is 16.6. The summed E-state index contributed by atoms with van der Waals surface area (Å²) in [4.78, 5) is 12.0. The Morgan fingerprint density at radius 3 is 3.00 bits per heavy atom. The van der Waals surface area contributed by atoms with Gasteiger partial charge in [0, 0.05) is 35.3 Å². The zero-order valence-electron chi connectivity index (χ0n) is 16.4. The van der Waals surface area contributed by atoms with E-state index in [1.54, 1.807) is 0 Å². The molecule has 1 aliphatic heterocycles. The number of fused-ring (bicyclic) bond motifs is 3. The lowest BCUT2D eigenvalue weighted by Gasteiger charge is -2.19. The molecule has 0 bridgehead atoms. The minimum atomic E-state index is -0.454. The summed E-state index contributed by atoms with van der Waals surface area (Å²) in [5, 5.41) is 24.7. The highest BCUT2D eigenvalue weighted by Crippen LogP contribution is 2.23. The molecule has 0 aromatic carbocycles. The van der Waals surface area contributed by atoms with Crippen LogP contribution < -0.4 is 15.9 Å². The van der Waals surface area contributed by atoms with E-state index < -0.39 is 12.2 Å². The summed E-state index contributed by atoms with van der Waals surface area (Å²) >= 11 is 0. The molecule has 1 aromatic rings. The fourth-order valence-corrected chi connectivity index (χ4v) is 4.50. The Kier molecular flexibility index (Phi) is 5.17. The van der Waals surface area contributed by atoms with Crippen molar-refractivity contribution >= 4 is 18.2 Å². The molecule has 7 nitrogen and oxygen atoms in total. The molecule has 1 fully saturated rings. The Hall–Kier alpha value is -2.30. The smallest absolute Gasteiger partial charge is 0.407 e. The molecule has 150 valence electrons. The summed E-state index contributed by atoms with van der Waals surface area (Å²) < 4.78 is 13.2. The van der Waals surface area contributed by atoms with Crippen molar-refractivity contribution < 1.29 is 19.4 Å². The van der Waals surface area contributed by atoms with Crippen LogP contribution in [-0.4, -0.2) is 46.7 Å². The summed E-state index contributed by atoms with van der Waals surface area (Å²) in [5.41, 5.74) is 2.35. The Morgan fingerprint density at radius 1 is 1.50 bits per heavy atom. The minimum Gasteiger partial charge on any atom is -0.447 e. The van der Waals surface area contributed by atoms with E-state index in [-0.39, 0.29) is 24.2 Å². The van der Waals surface area contributed by atoms with Gasteiger partial charge in [-0.2, -0.15) is 5.26 Å². The average molecular weight is 385 g/mol. The number of aliphatic hydroxyl groups is 1. The molecule has 2 unspecified atom stereocenters. The second kappa shape index (κ2) is 7.61. The molecule has 0 spiro atoms. The van der Waals surface area contributed by atoms with Gasteiger partial charge in [0.1, 0.15) is 6.10 Å². The maximum atomic E-state index is 12.0. The number of carbonyl (C=O) groups excluding carboxylic acids is 1. The molecule has 0 saturated carbocycles. The number of nitrogens with one attached hydrogen (secondary N) is 1. The van der Waals surface area contributed by atoms with Crippen LogP contribution >= 0.6 is 0 Å². The number of hydrogen-bond acceptors (Lipinski definition) is 5. The van der Waals surface area contributed by atoms with Gasteiger partial charge in [-0.15, -0.1) is 0 Å². The molecule has 2 N–H and O–H groups in total. The number of hydrogen-bond donors (Lipinski definition) is 2. The van der Waals surface area contributed by atoms with Crippen LogP contribution in [0.1, 0.15) is 37.9 Å². The fourth-order valence-electron chi connectivity index (χ4n) is 4.50. The second-order valence-electron chi connectivity index (χ2n) is 8.15. The van der Waals surface area contributed by atoms with Crippen LogP contribution in [0.2, 0.25) is 0 Å². The number of nitriles is 1. The SMILES string of the molecule is CC(C)OC(=O)N[C@H]1Cc2c(n(C[C@H]3OCCC3O)c3c2=CC(C#N)CC=3)C1. The molecule has 7 heteroatoms. The first-order valence-electron chi connectivity index (χ1n) is 10.0. The lowest BCUT2D eigenvalue weighted by atomic mass is 9.99. The van der Waals surface area contributed by atoms with Gasteiger partial charge in [0.05, 0.1) is 30.7 Å². The summed E-state index contributed by atoms with van der Waals surface area (Å²) in [6.07, 6.45) is 5.72. The predicted molar refractivity (Wildman–Crippen MR) is 103 cm³/mol. The van der Waals surface area contributed by atoms with Crippen LogP contribution in [0, 0.1) is 17.2 Å². The highest BCUT2D eigenvalue weighted by Gasteiger charge is 2.33. The van der Waals surface area contributed by atoms with Crippen LogP contribution in [0.25, 0.3) is 12.2 Å². The molecule has 3 aliphatic rings. The lowest BCUT2D eigenvalue weighted by molar-refractivity contribution is 0.0301. The largest absolute Gasteiger partial charge is 0.447 e. The van der Waals surface area contributed by atoms with Crippen LogP contribution in [0.3, 0.4) is 0 Å². The first kappa shape index (κ1) is 19.0. The molecule has 0 radical (unpaired) electrons. The number of alkyl carbamates (subject to hydrolysis) is 1. The Labute approximate surface area is 164 Å². The quantitative estimate of drug-likeness (QED) is 0.779. The summed E-state index contributed by atoms with van der Waals surface area (Å²) in [5.74, 6) is -0.126. The molecular weight excluding hydrogens is 358 g/mol. The Bertz CT molecular complexity index is 927. The molecule has 1 amide bonds. The van der Waals surface area contributed by atoms with Crippen LogP contribution in [0.4, 0.5) is 4.79 Å². The van der Waals surface area contributed by atoms with Crippen LogP contribution in [-0.2, 0) is 28.9 Å². The number of aromatic nitrogens is 1. The monoisotopic (exact) mass is 385 g/mol. The standard InChI is InChI=1S/C21H27N3O4/c1-12(2)28-21(26)23-14-8-16-15-7-13(10-22)3-4-17(15)24(18(16)9-14)11-20-19(25)5-6-27-20/h4,7,12-14,19-20,25H,3,5-6,8-9,11H2,1-2H3,(H,23,26)/t13?,14-,19?,20+/m0/s1. The third-order valence-corrected chi connectivity index (χ3v) is 5.76. The maximum absolute atomic E-state index is 12.0. The number of rotatable bonds is 4. The molecule has 4 atom stereocenters. The molecule has 28 heavy (non-hydrogen) atoms. The van der Waals surface area contributed by atoms with E-state index in [2.05, 4.69) is 22.0 Å². The zero-order valence-corrected chi connectivity index (χ0v) is 16.4. The van der Waals surface area contributed by atoms with Gasteiger partial charge in [-0.1, -0.05) is 12.2 Å². The van der Waals surface area contributed by atoms with E-state index in [4.69, 9.17) is 9.47 Å². The van der Waals surface area contributed by atoms with Gasteiger partial charge < -0.3 is 24.5 Å². The molecule has 1 aromatic heterocycles. The van der Waals surface area contributed by atoms with E-state index in [1.807, 2.05) is 19.9 Å². The molecule has 1 saturated heterocycles. The Morgan fingerprint density at radius 2 is 2.32 bits per heavy atom. The number of aliphatic hydroxyl groups excluding tert-OH is 1. The summed E-state index contributed by atoms with van der Waals surface area (Å²) in [6.45, 7) is 4.82. The van der Waals surface area contributed by atoms with Crippen molar-refractivity contribution in [1.82, 2.24) is 9.88 Å². The van der Waals surface area contributed by atoms with E-state index in [0.29, 0.717) is 38.8 Å². The molecule has 2 aliphatic carbocycles. The van der Waals surface area contributed by atoms with Crippen molar-refractivity contribution in [3.63, 3.8) is 0 Å². The number of ether oxygens (including phenoxy) is 2.